The van der Waals surface area contributed by atoms with E-state index in [1.54, 1.807) is 30.6 Å². The standard InChI is InChI=1S/C27H36ClN5O5/c1-26(2,3)37-24(35)31-11-9-30(10-12-31)23-20(28)16-18-15-19(7-8-21(18)29-23)33-14-13-32(17-22(33)34)25(36)38-27(4,5)6/h7-8,15-16H,9-14,17H2,1-6H3. The number of anilines is 2. The van der Waals surface area contributed by atoms with Gasteiger partial charge in [0.1, 0.15) is 23.6 Å². The van der Waals surface area contributed by atoms with Crippen LogP contribution in [0.15, 0.2) is 24.3 Å². The molecular formula is C27H36ClN5O5. The van der Waals surface area contributed by atoms with Crippen molar-refractivity contribution in [2.24, 2.45) is 0 Å². The second-order valence-corrected chi connectivity index (χ2v) is 12.0. The van der Waals surface area contributed by atoms with Crippen LogP contribution in [0.3, 0.4) is 0 Å². The summed E-state index contributed by atoms with van der Waals surface area (Å²) in [6, 6.07) is 7.47. The average Bonchev–Trinajstić information content (AvgIpc) is 2.81. The number of amides is 3. The van der Waals surface area contributed by atoms with Crippen LogP contribution in [0, 0.1) is 0 Å². The Morgan fingerprint density at radius 2 is 1.42 bits per heavy atom. The summed E-state index contributed by atoms with van der Waals surface area (Å²) in [6.07, 6.45) is -0.803. The predicted octanol–water partition coefficient (Wildman–Crippen LogP) is 4.53. The van der Waals surface area contributed by atoms with Crippen molar-refractivity contribution >= 4 is 52.1 Å². The molecule has 11 heteroatoms. The summed E-state index contributed by atoms with van der Waals surface area (Å²) in [5, 5.41) is 1.31. The summed E-state index contributed by atoms with van der Waals surface area (Å²) < 4.78 is 10.9. The van der Waals surface area contributed by atoms with E-state index in [4.69, 9.17) is 26.1 Å². The number of aromatic nitrogens is 1. The molecule has 38 heavy (non-hydrogen) atoms. The molecule has 0 saturated carbocycles. The number of pyridine rings is 1. The van der Waals surface area contributed by atoms with Crippen LogP contribution in [0.25, 0.3) is 10.9 Å². The van der Waals surface area contributed by atoms with Crippen molar-refractivity contribution in [2.45, 2.75) is 52.7 Å². The smallest absolute Gasteiger partial charge is 0.410 e. The van der Waals surface area contributed by atoms with Gasteiger partial charge in [0.05, 0.1) is 10.5 Å². The fraction of sp³-hybridized carbons (Fsp3) is 0.556. The van der Waals surface area contributed by atoms with Crippen molar-refractivity contribution in [3.05, 3.63) is 29.3 Å². The van der Waals surface area contributed by atoms with Crippen LogP contribution in [0.4, 0.5) is 21.1 Å². The minimum absolute atomic E-state index is 0.0415. The van der Waals surface area contributed by atoms with Gasteiger partial charge in [-0.05, 0) is 65.8 Å². The second-order valence-electron chi connectivity index (χ2n) is 11.6. The van der Waals surface area contributed by atoms with Gasteiger partial charge in [-0.25, -0.2) is 14.6 Å². The third-order valence-corrected chi connectivity index (χ3v) is 6.43. The van der Waals surface area contributed by atoms with Gasteiger partial charge in [-0.3, -0.25) is 9.69 Å². The van der Waals surface area contributed by atoms with Gasteiger partial charge in [-0.15, -0.1) is 0 Å². The number of piperazine rings is 2. The molecule has 10 nitrogen and oxygen atoms in total. The molecule has 0 spiro atoms. The van der Waals surface area contributed by atoms with E-state index in [9.17, 15) is 14.4 Å². The molecule has 0 aliphatic carbocycles. The minimum atomic E-state index is -0.619. The Kier molecular flexibility index (Phi) is 7.65. The topological polar surface area (TPSA) is 95.5 Å². The molecule has 2 saturated heterocycles. The quantitative estimate of drug-likeness (QED) is 0.547. The molecule has 2 aromatic rings. The molecule has 0 radical (unpaired) electrons. The van der Waals surface area contributed by atoms with Gasteiger partial charge in [-0.2, -0.15) is 0 Å². The number of ether oxygens (including phenoxy) is 2. The second kappa shape index (κ2) is 10.5. The van der Waals surface area contributed by atoms with E-state index in [0.717, 1.165) is 16.6 Å². The Morgan fingerprint density at radius 3 is 2.00 bits per heavy atom. The van der Waals surface area contributed by atoms with Gasteiger partial charge in [0.25, 0.3) is 0 Å². The van der Waals surface area contributed by atoms with E-state index in [0.29, 0.717) is 50.1 Å². The highest BCUT2D eigenvalue weighted by Crippen LogP contribution is 2.31. The lowest BCUT2D eigenvalue weighted by atomic mass is 10.1. The van der Waals surface area contributed by atoms with Crippen molar-refractivity contribution in [3.63, 3.8) is 0 Å². The first-order valence-electron chi connectivity index (χ1n) is 12.8. The Morgan fingerprint density at radius 1 is 0.842 bits per heavy atom. The van der Waals surface area contributed by atoms with Crippen LogP contribution in [0.5, 0.6) is 0 Å². The summed E-state index contributed by atoms with van der Waals surface area (Å²) >= 11 is 6.65. The summed E-state index contributed by atoms with van der Waals surface area (Å²) in [5.74, 6) is 0.484. The molecule has 3 heterocycles. The van der Waals surface area contributed by atoms with E-state index in [1.165, 1.54) is 4.90 Å². The number of rotatable bonds is 2. The SMILES string of the molecule is CC(C)(C)OC(=O)N1CCN(c2nc3ccc(N4CCN(C(=O)OC(C)(C)C)CC4=O)cc3cc2Cl)CC1. The first-order valence-corrected chi connectivity index (χ1v) is 13.2. The molecule has 2 fully saturated rings. The fourth-order valence-electron chi connectivity index (χ4n) is 4.37. The number of halogens is 1. The molecule has 0 unspecified atom stereocenters. The van der Waals surface area contributed by atoms with Gasteiger partial charge >= 0.3 is 12.2 Å². The van der Waals surface area contributed by atoms with Crippen molar-refractivity contribution in [1.29, 1.82) is 0 Å². The summed E-state index contributed by atoms with van der Waals surface area (Å²) in [6.45, 7) is 13.9. The number of hydrogen-bond donors (Lipinski definition) is 0. The zero-order valence-electron chi connectivity index (χ0n) is 22.9. The molecule has 0 bridgehead atoms. The van der Waals surface area contributed by atoms with E-state index >= 15 is 0 Å². The van der Waals surface area contributed by atoms with Gasteiger partial charge in [0, 0.05) is 50.3 Å². The lowest BCUT2D eigenvalue weighted by Gasteiger charge is -2.36. The maximum absolute atomic E-state index is 12.9. The predicted molar refractivity (Wildman–Crippen MR) is 147 cm³/mol. The number of benzene rings is 1. The minimum Gasteiger partial charge on any atom is -0.444 e. The highest BCUT2D eigenvalue weighted by atomic mass is 35.5. The van der Waals surface area contributed by atoms with Gasteiger partial charge in [0.2, 0.25) is 5.91 Å². The van der Waals surface area contributed by atoms with Crippen molar-refractivity contribution in [3.8, 4) is 0 Å². The van der Waals surface area contributed by atoms with Crippen LogP contribution in [-0.4, -0.2) is 89.9 Å². The summed E-state index contributed by atoms with van der Waals surface area (Å²) in [7, 11) is 0. The number of nitrogens with zero attached hydrogens (tertiary/aromatic N) is 5. The van der Waals surface area contributed by atoms with Crippen LogP contribution < -0.4 is 9.80 Å². The number of carbonyl (C=O) groups excluding carboxylic acids is 3. The molecule has 2 aliphatic rings. The van der Waals surface area contributed by atoms with Crippen LogP contribution in [0.1, 0.15) is 41.5 Å². The third kappa shape index (κ3) is 6.59. The Bertz CT molecular complexity index is 1230. The molecule has 4 rings (SSSR count). The average molecular weight is 546 g/mol. The summed E-state index contributed by atoms with van der Waals surface area (Å²) in [5.41, 5.74) is 0.324. The third-order valence-electron chi connectivity index (χ3n) is 6.15. The lowest BCUT2D eigenvalue weighted by Crippen LogP contribution is -2.53. The zero-order valence-corrected chi connectivity index (χ0v) is 23.7. The largest absolute Gasteiger partial charge is 0.444 e. The number of carbonyl (C=O) groups is 3. The fourth-order valence-corrected chi connectivity index (χ4v) is 4.65. The molecular weight excluding hydrogens is 510 g/mol. The van der Waals surface area contributed by atoms with Crippen molar-refractivity contribution in [1.82, 2.24) is 14.8 Å². The molecule has 3 amide bonds. The monoisotopic (exact) mass is 545 g/mol. The molecule has 1 aromatic heterocycles. The lowest BCUT2D eigenvalue weighted by molar-refractivity contribution is -0.121. The number of hydrogen-bond acceptors (Lipinski definition) is 7. The van der Waals surface area contributed by atoms with E-state index < -0.39 is 17.3 Å². The molecule has 2 aliphatic heterocycles. The van der Waals surface area contributed by atoms with Crippen molar-refractivity contribution < 1.29 is 23.9 Å². The van der Waals surface area contributed by atoms with Crippen LogP contribution in [-0.2, 0) is 14.3 Å². The van der Waals surface area contributed by atoms with E-state index in [2.05, 4.69) is 4.90 Å². The maximum atomic E-state index is 12.9. The Hall–Kier alpha value is -3.27. The van der Waals surface area contributed by atoms with Crippen LogP contribution >= 0.6 is 11.6 Å². The van der Waals surface area contributed by atoms with Crippen molar-refractivity contribution in [2.75, 3.05) is 55.6 Å². The molecule has 0 atom stereocenters. The van der Waals surface area contributed by atoms with Gasteiger partial charge in [-0.1, -0.05) is 11.6 Å². The highest BCUT2D eigenvalue weighted by Gasteiger charge is 2.31. The Balaban J connectivity index is 1.43. The molecule has 1 aromatic carbocycles. The first kappa shape index (κ1) is 27.8. The normalized spacial score (nSPS) is 17.2. The first-order chi connectivity index (χ1) is 17.7. The van der Waals surface area contributed by atoms with Gasteiger partial charge < -0.3 is 24.2 Å². The summed E-state index contributed by atoms with van der Waals surface area (Å²) in [4.78, 5) is 49.3. The molecule has 0 N–H and O–H groups in total. The highest BCUT2D eigenvalue weighted by molar-refractivity contribution is 6.33. The van der Waals surface area contributed by atoms with Gasteiger partial charge in [0.15, 0.2) is 0 Å². The Labute approximate surface area is 228 Å². The molecule has 206 valence electrons. The number of fused-ring (bicyclic) bond motifs is 1. The van der Waals surface area contributed by atoms with E-state index in [1.807, 2.05) is 45.0 Å². The zero-order chi connectivity index (χ0) is 27.8. The van der Waals surface area contributed by atoms with E-state index in [-0.39, 0.29) is 18.5 Å². The van der Waals surface area contributed by atoms with Crippen LogP contribution in [0.2, 0.25) is 5.02 Å². The maximum Gasteiger partial charge on any atom is 0.410 e.